The van der Waals surface area contributed by atoms with Crippen LogP contribution in [-0.4, -0.2) is 47.7 Å². The van der Waals surface area contributed by atoms with Crippen LogP contribution in [0.25, 0.3) is 5.57 Å². The summed E-state index contributed by atoms with van der Waals surface area (Å²) in [6.07, 6.45) is 5.31. The number of alkyl halides is 3. The number of rotatable bonds is 10. The first-order chi connectivity index (χ1) is 17.9. The van der Waals surface area contributed by atoms with Gasteiger partial charge in [-0.15, -0.1) is 13.2 Å². The summed E-state index contributed by atoms with van der Waals surface area (Å²) in [7, 11) is 0. The zero-order valence-electron chi connectivity index (χ0n) is 20.6. The van der Waals surface area contributed by atoms with Crippen molar-refractivity contribution in [3.8, 4) is 0 Å². The Morgan fingerprint density at radius 2 is 1.84 bits per heavy atom. The number of allylic oxidation sites excluding steroid dienone is 3. The molecule has 1 aromatic heterocycles. The maximum absolute atomic E-state index is 13.7. The van der Waals surface area contributed by atoms with Crippen molar-refractivity contribution in [1.29, 1.82) is 0 Å². The topological polar surface area (TPSA) is 52.9 Å². The molecule has 5 nitrogen and oxygen atoms in total. The van der Waals surface area contributed by atoms with E-state index in [1.807, 2.05) is 30.4 Å². The molecule has 37 heavy (non-hydrogen) atoms. The number of hydrogen-bond acceptors (Lipinski definition) is 4. The van der Waals surface area contributed by atoms with Crippen molar-refractivity contribution < 1.29 is 13.2 Å². The van der Waals surface area contributed by atoms with E-state index in [-0.39, 0.29) is 11.6 Å². The van der Waals surface area contributed by atoms with E-state index < -0.39 is 11.7 Å². The van der Waals surface area contributed by atoms with Crippen LogP contribution in [0.5, 0.6) is 0 Å². The van der Waals surface area contributed by atoms with E-state index in [1.54, 1.807) is 12.2 Å². The van der Waals surface area contributed by atoms with Gasteiger partial charge >= 0.3 is 6.18 Å². The molecule has 4 rings (SSSR count). The molecule has 192 valence electrons. The summed E-state index contributed by atoms with van der Waals surface area (Å²) >= 11 is 0. The molecule has 2 aromatic rings. The standard InChI is InChI=1S/C29H30F3N5/c1-3-17-37(18-4-2)20-26-35-25-19-22(27-24(29(30,31)32)11-8-15-33-27)12-13-23(25)28(36-26)34-16-14-21-9-6-5-7-10-21/h3-12,15,19,23H,1-2,13-14,16-18,20H2,(H,34,35,36). The Hall–Kier alpha value is -3.78. The Balaban J connectivity index is 1.64. The Morgan fingerprint density at radius 3 is 2.54 bits per heavy atom. The van der Waals surface area contributed by atoms with Crippen LogP contribution in [0.15, 0.2) is 102 Å². The zero-order valence-corrected chi connectivity index (χ0v) is 20.6. The summed E-state index contributed by atoms with van der Waals surface area (Å²) in [6.45, 7) is 9.99. The van der Waals surface area contributed by atoms with Crippen molar-refractivity contribution in [3.05, 3.63) is 109 Å². The van der Waals surface area contributed by atoms with Crippen LogP contribution in [0.3, 0.4) is 0 Å². The Morgan fingerprint density at radius 1 is 1.08 bits per heavy atom. The second-order valence-corrected chi connectivity index (χ2v) is 8.88. The lowest BCUT2D eigenvalue weighted by molar-refractivity contribution is -0.138. The van der Waals surface area contributed by atoms with Crippen LogP contribution in [0, 0.1) is 5.92 Å². The zero-order chi connectivity index (χ0) is 26.3. The SMILES string of the molecule is C=CCN(CC=C)CC1=NC(=NCCc2ccccc2)C2CC=C(c3ncccc3C(F)(F)F)C=C2N1. The molecule has 0 spiro atoms. The summed E-state index contributed by atoms with van der Waals surface area (Å²) in [5.41, 5.74) is 1.57. The molecule has 0 radical (unpaired) electrons. The number of nitrogens with one attached hydrogen (secondary N) is 1. The highest BCUT2D eigenvalue weighted by molar-refractivity contribution is 6.05. The number of halogens is 3. The first kappa shape index (κ1) is 26.3. The molecule has 2 aliphatic rings. The minimum atomic E-state index is -4.49. The number of aliphatic imine (C=N–C) groups is 2. The molecule has 1 aliphatic heterocycles. The molecule has 0 amide bonds. The fraction of sp³-hybridized carbons (Fsp3) is 0.276. The first-order valence-corrected chi connectivity index (χ1v) is 12.2. The van der Waals surface area contributed by atoms with E-state index in [4.69, 9.17) is 9.98 Å². The molecule has 1 unspecified atom stereocenters. The molecule has 1 aliphatic carbocycles. The number of nitrogens with zero attached hydrogens (tertiary/aromatic N) is 4. The second-order valence-electron chi connectivity index (χ2n) is 8.88. The summed E-state index contributed by atoms with van der Waals surface area (Å²) < 4.78 is 41.0. The molecule has 1 aromatic carbocycles. The maximum atomic E-state index is 13.7. The number of aromatic nitrogens is 1. The van der Waals surface area contributed by atoms with Gasteiger partial charge < -0.3 is 5.32 Å². The lowest BCUT2D eigenvalue weighted by Crippen LogP contribution is -2.44. The average Bonchev–Trinajstić information content (AvgIpc) is 2.89. The molecule has 0 fully saturated rings. The third kappa shape index (κ3) is 6.71. The normalized spacial score (nSPS) is 18.4. The van der Waals surface area contributed by atoms with E-state index in [0.29, 0.717) is 49.8 Å². The van der Waals surface area contributed by atoms with Crippen LogP contribution >= 0.6 is 0 Å². The first-order valence-electron chi connectivity index (χ1n) is 12.2. The average molecular weight is 506 g/mol. The van der Waals surface area contributed by atoms with Crippen LogP contribution < -0.4 is 5.32 Å². The van der Waals surface area contributed by atoms with Gasteiger partial charge in [0.05, 0.1) is 23.7 Å². The van der Waals surface area contributed by atoms with Gasteiger partial charge in [-0.2, -0.15) is 13.2 Å². The minimum Gasteiger partial charge on any atom is -0.345 e. The molecule has 8 heteroatoms. The predicted molar refractivity (Wildman–Crippen MR) is 143 cm³/mol. The molecule has 1 atom stereocenters. The highest BCUT2D eigenvalue weighted by atomic mass is 19.4. The number of fused-ring (bicyclic) bond motifs is 1. The number of hydrogen-bond donors (Lipinski definition) is 1. The summed E-state index contributed by atoms with van der Waals surface area (Å²) in [4.78, 5) is 15.8. The van der Waals surface area contributed by atoms with Crippen molar-refractivity contribution in [2.24, 2.45) is 15.9 Å². The van der Waals surface area contributed by atoms with E-state index in [1.165, 1.54) is 17.8 Å². The summed E-state index contributed by atoms with van der Waals surface area (Å²) in [5.74, 6) is 1.21. The second kappa shape index (κ2) is 12.0. The largest absolute Gasteiger partial charge is 0.418 e. The van der Waals surface area contributed by atoms with Crippen LogP contribution in [-0.2, 0) is 12.6 Å². The Labute approximate surface area is 215 Å². The lowest BCUT2D eigenvalue weighted by Gasteiger charge is -2.31. The molecule has 0 saturated heterocycles. The minimum absolute atomic E-state index is 0.0747. The number of benzene rings is 1. The van der Waals surface area contributed by atoms with Crippen LogP contribution in [0.2, 0.25) is 0 Å². The van der Waals surface area contributed by atoms with Crippen molar-refractivity contribution in [2.45, 2.75) is 19.0 Å². The molecule has 0 saturated carbocycles. The van der Waals surface area contributed by atoms with Gasteiger partial charge in [0.1, 0.15) is 11.7 Å². The van der Waals surface area contributed by atoms with Crippen molar-refractivity contribution in [3.63, 3.8) is 0 Å². The number of pyridine rings is 1. The third-order valence-electron chi connectivity index (χ3n) is 6.16. The quantitative estimate of drug-likeness (QED) is 0.421. The van der Waals surface area contributed by atoms with Gasteiger partial charge in [0.25, 0.3) is 0 Å². The lowest BCUT2D eigenvalue weighted by atomic mass is 9.88. The van der Waals surface area contributed by atoms with Crippen molar-refractivity contribution >= 4 is 17.2 Å². The highest BCUT2D eigenvalue weighted by Crippen LogP contribution is 2.37. The van der Waals surface area contributed by atoms with Gasteiger partial charge in [0.15, 0.2) is 0 Å². The molecule has 2 heterocycles. The number of amidine groups is 2. The van der Waals surface area contributed by atoms with E-state index in [9.17, 15) is 13.2 Å². The summed E-state index contributed by atoms with van der Waals surface area (Å²) in [6, 6.07) is 12.5. The maximum Gasteiger partial charge on any atom is 0.418 e. The van der Waals surface area contributed by atoms with Gasteiger partial charge in [-0.1, -0.05) is 48.6 Å². The predicted octanol–water partition coefficient (Wildman–Crippen LogP) is 5.70. The van der Waals surface area contributed by atoms with Gasteiger partial charge in [0, 0.05) is 31.5 Å². The fourth-order valence-electron chi connectivity index (χ4n) is 4.45. The van der Waals surface area contributed by atoms with Gasteiger partial charge in [-0.25, -0.2) is 4.99 Å². The van der Waals surface area contributed by atoms with Crippen molar-refractivity contribution in [2.75, 3.05) is 26.2 Å². The van der Waals surface area contributed by atoms with E-state index >= 15 is 0 Å². The molecular formula is C29H30F3N5. The van der Waals surface area contributed by atoms with Gasteiger partial charge in [-0.3, -0.25) is 14.9 Å². The molecule has 1 N–H and O–H groups in total. The smallest absolute Gasteiger partial charge is 0.345 e. The monoisotopic (exact) mass is 505 g/mol. The Kier molecular flexibility index (Phi) is 8.50. The van der Waals surface area contributed by atoms with Crippen molar-refractivity contribution in [1.82, 2.24) is 15.2 Å². The van der Waals surface area contributed by atoms with E-state index in [0.717, 1.165) is 18.2 Å². The third-order valence-corrected chi connectivity index (χ3v) is 6.16. The van der Waals surface area contributed by atoms with Crippen LogP contribution in [0.4, 0.5) is 13.2 Å². The summed E-state index contributed by atoms with van der Waals surface area (Å²) in [5, 5.41) is 3.37. The molecule has 0 bridgehead atoms. The van der Waals surface area contributed by atoms with E-state index in [2.05, 4.69) is 40.5 Å². The van der Waals surface area contributed by atoms with Crippen LogP contribution in [0.1, 0.15) is 23.2 Å². The molecular weight excluding hydrogens is 475 g/mol. The highest BCUT2D eigenvalue weighted by Gasteiger charge is 2.36. The Bertz CT molecular complexity index is 1230. The van der Waals surface area contributed by atoms with Gasteiger partial charge in [0.2, 0.25) is 0 Å². The van der Waals surface area contributed by atoms with Gasteiger partial charge in [-0.05, 0) is 42.2 Å². The fourth-order valence-corrected chi connectivity index (χ4v) is 4.45.